The number of allylic oxidation sites excluding steroid dienone is 1. The number of nitrogens with one attached hydrogen (secondary N) is 1. The van der Waals surface area contributed by atoms with E-state index in [1.54, 1.807) is 6.92 Å². The maximum Gasteiger partial charge on any atom is 0.338 e. The molecule has 160 valence electrons. The highest BCUT2D eigenvalue weighted by Crippen LogP contribution is 2.43. The monoisotopic (exact) mass is 440 g/mol. The number of fused-ring (bicyclic) bond motifs is 3. The topological polar surface area (TPSA) is 99.3 Å². The zero-order valence-corrected chi connectivity index (χ0v) is 17.8. The lowest BCUT2D eigenvalue weighted by Crippen LogP contribution is -2.30. The fourth-order valence-electron chi connectivity index (χ4n) is 3.93. The van der Waals surface area contributed by atoms with Gasteiger partial charge >= 0.3 is 5.97 Å². The molecular weight excluding hydrogens is 420 g/mol. The summed E-state index contributed by atoms with van der Waals surface area (Å²) < 4.78 is 7.24. The Morgan fingerprint density at radius 2 is 2.06 bits per heavy atom. The van der Waals surface area contributed by atoms with E-state index in [1.807, 2.05) is 35.8 Å². The van der Waals surface area contributed by atoms with E-state index in [-0.39, 0.29) is 12.3 Å². The Hall–Kier alpha value is -3.39. The number of nitro benzene ring substituents is 1. The first kappa shape index (κ1) is 20.9. The third kappa shape index (κ3) is 3.63. The first-order chi connectivity index (χ1) is 15.0. The first-order valence-electron chi connectivity index (χ1n) is 10.0. The highest BCUT2D eigenvalue weighted by molar-refractivity contribution is 6.31. The maximum atomic E-state index is 13.1. The molecule has 0 bridgehead atoms. The fraction of sp³-hybridized carbons (Fsp3) is 0.273. The normalized spacial score (nSPS) is 15.5. The number of para-hydroxylation sites is 2. The van der Waals surface area contributed by atoms with Crippen molar-refractivity contribution in [1.29, 1.82) is 0 Å². The number of nitrogens with zero attached hydrogens (tertiary/aromatic N) is 3. The number of rotatable bonds is 6. The molecule has 1 aromatic heterocycles. The summed E-state index contributed by atoms with van der Waals surface area (Å²) in [6.07, 6.45) is 1.36. The van der Waals surface area contributed by atoms with Gasteiger partial charge in [0.15, 0.2) is 0 Å². The predicted octanol–water partition coefficient (Wildman–Crippen LogP) is 5.23. The fourth-order valence-corrected chi connectivity index (χ4v) is 4.15. The molecule has 0 fully saturated rings. The zero-order chi connectivity index (χ0) is 22.1. The highest BCUT2D eigenvalue weighted by atomic mass is 35.5. The zero-order valence-electron chi connectivity index (χ0n) is 17.1. The summed E-state index contributed by atoms with van der Waals surface area (Å²) in [6.45, 7) is 3.95. The first-order valence-corrected chi connectivity index (χ1v) is 10.4. The molecule has 0 radical (unpaired) electrons. The molecule has 0 saturated heterocycles. The van der Waals surface area contributed by atoms with Crippen LogP contribution in [0.3, 0.4) is 0 Å². The summed E-state index contributed by atoms with van der Waals surface area (Å²) in [4.78, 5) is 28.8. The van der Waals surface area contributed by atoms with Gasteiger partial charge in [-0.1, -0.05) is 37.1 Å². The summed E-state index contributed by atoms with van der Waals surface area (Å²) in [5, 5.41) is 15.1. The van der Waals surface area contributed by atoms with Gasteiger partial charge in [0.05, 0.1) is 34.2 Å². The number of benzene rings is 2. The Morgan fingerprint density at radius 3 is 2.77 bits per heavy atom. The van der Waals surface area contributed by atoms with Crippen molar-refractivity contribution in [2.45, 2.75) is 32.7 Å². The van der Waals surface area contributed by atoms with E-state index in [1.165, 1.54) is 18.2 Å². The summed E-state index contributed by atoms with van der Waals surface area (Å²) in [5.74, 6) is 0.0553. The summed E-state index contributed by atoms with van der Waals surface area (Å²) in [5.41, 5.74) is 2.90. The Bertz CT molecular complexity index is 1220. The third-order valence-electron chi connectivity index (χ3n) is 5.20. The molecule has 4 rings (SSSR count). The number of imidazole rings is 1. The number of hydrogen-bond donors (Lipinski definition) is 1. The van der Waals surface area contributed by atoms with Crippen molar-refractivity contribution in [1.82, 2.24) is 9.55 Å². The average molecular weight is 441 g/mol. The molecule has 0 amide bonds. The number of carbonyl (C=O) groups excluding carboxylic acids is 1. The van der Waals surface area contributed by atoms with Crippen LogP contribution in [0.2, 0.25) is 5.02 Å². The lowest BCUT2D eigenvalue weighted by atomic mass is 9.93. The number of halogens is 1. The molecule has 31 heavy (non-hydrogen) atoms. The van der Waals surface area contributed by atoms with Gasteiger partial charge in [0.1, 0.15) is 0 Å². The predicted molar refractivity (Wildman–Crippen MR) is 118 cm³/mol. The van der Waals surface area contributed by atoms with Crippen LogP contribution in [0.15, 0.2) is 53.7 Å². The number of nitro groups is 1. The number of anilines is 1. The molecule has 3 aromatic rings. The van der Waals surface area contributed by atoms with Gasteiger partial charge in [-0.15, -0.1) is 0 Å². The molecule has 9 heteroatoms. The molecule has 0 unspecified atom stereocenters. The second-order valence-corrected chi connectivity index (χ2v) is 7.55. The van der Waals surface area contributed by atoms with Gasteiger partial charge in [0.25, 0.3) is 5.69 Å². The highest BCUT2D eigenvalue weighted by Gasteiger charge is 2.37. The molecule has 0 saturated carbocycles. The second kappa shape index (κ2) is 8.39. The van der Waals surface area contributed by atoms with Crippen LogP contribution in [0.4, 0.5) is 11.6 Å². The van der Waals surface area contributed by atoms with Crippen LogP contribution in [-0.4, -0.2) is 27.1 Å². The van der Waals surface area contributed by atoms with Crippen molar-refractivity contribution in [2.24, 2.45) is 0 Å². The van der Waals surface area contributed by atoms with Crippen LogP contribution in [0.25, 0.3) is 11.0 Å². The van der Waals surface area contributed by atoms with Gasteiger partial charge in [0.2, 0.25) is 5.95 Å². The van der Waals surface area contributed by atoms with Crippen LogP contribution in [-0.2, 0) is 9.53 Å². The Morgan fingerprint density at radius 1 is 1.29 bits per heavy atom. The van der Waals surface area contributed by atoms with Crippen LogP contribution < -0.4 is 5.32 Å². The van der Waals surface area contributed by atoms with Crippen molar-refractivity contribution in [3.8, 4) is 0 Å². The second-order valence-electron chi connectivity index (χ2n) is 7.15. The van der Waals surface area contributed by atoms with Crippen LogP contribution in [0.1, 0.15) is 38.3 Å². The largest absolute Gasteiger partial charge is 0.463 e. The minimum absolute atomic E-state index is 0.107. The minimum Gasteiger partial charge on any atom is -0.463 e. The van der Waals surface area contributed by atoms with Crippen molar-refractivity contribution < 1.29 is 14.5 Å². The number of hydrogen-bond acceptors (Lipinski definition) is 6. The quantitative estimate of drug-likeness (QED) is 0.320. The lowest BCUT2D eigenvalue weighted by Gasteiger charge is -2.31. The van der Waals surface area contributed by atoms with Crippen molar-refractivity contribution in [2.75, 3.05) is 11.9 Å². The molecule has 2 aromatic carbocycles. The Balaban J connectivity index is 2.05. The van der Waals surface area contributed by atoms with Gasteiger partial charge in [-0.05, 0) is 31.5 Å². The SMILES string of the molecule is CCCC1=C(C(=O)OCC)[C@@H](c2cc([N+](=O)[O-])ccc2Cl)n2c(nc3ccccc32)N1. The lowest BCUT2D eigenvalue weighted by molar-refractivity contribution is -0.384. The summed E-state index contributed by atoms with van der Waals surface area (Å²) in [7, 11) is 0. The summed E-state index contributed by atoms with van der Waals surface area (Å²) in [6, 6.07) is 11.0. The van der Waals surface area contributed by atoms with E-state index in [4.69, 9.17) is 16.3 Å². The number of ether oxygens (including phenoxy) is 1. The van der Waals surface area contributed by atoms with E-state index in [0.717, 1.165) is 17.5 Å². The van der Waals surface area contributed by atoms with Gasteiger partial charge < -0.3 is 10.1 Å². The van der Waals surface area contributed by atoms with E-state index >= 15 is 0 Å². The van der Waals surface area contributed by atoms with Crippen LogP contribution in [0, 0.1) is 10.1 Å². The third-order valence-corrected chi connectivity index (χ3v) is 5.54. The molecule has 0 aliphatic carbocycles. The number of aromatic nitrogens is 2. The minimum atomic E-state index is -0.725. The van der Waals surface area contributed by atoms with Crippen LogP contribution in [0.5, 0.6) is 0 Å². The summed E-state index contributed by atoms with van der Waals surface area (Å²) >= 11 is 6.54. The van der Waals surface area contributed by atoms with Crippen LogP contribution >= 0.6 is 11.6 Å². The Labute approximate surface area is 183 Å². The molecule has 1 aliphatic rings. The van der Waals surface area contributed by atoms with Gasteiger partial charge in [-0.2, -0.15) is 0 Å². The standard InChI is InChI=1S/C22H21ClN4O4/c1-3-7-17-19(21(28)31-4-2)20(14-12-13(27(29)30)10-11-15(14)23)26-18-9-6-5-8-16(18)24-22(26)25-17/h5-6,8-12,20H,3-4,7H2,1-2H3,(H,24,25)/t20-/m1/s1. The smallest absolute Gasteiger partial charge is 0.338 e. The van der Waals surface area contributed by atoms with Crippen molar-refractivity contribution in [3.63, 3.8) is 0 Å². The molecular formula is C22H21ClN4O4. The van der Waals surface area contributed by atoms with E-state index in [2.05, 4.69) is 10.3 Å². The van der Waals surface area contributed by atoms with Gasteiger partial charge in [0, 0.05) is 28.4 Å². The molecule has 0 spiro atoms. The van der Waals surface area contributed by atoms with E-state index < -0.39 is 16.9 Å². The average Bonchev–Trinajstić information content (AvgIpc) is 3.11. The molecule has 8 nitrogen and oxygen atoms in total. The van der Waals surface area contributed by atoms with Crippen molar-refractivity contribution >= 4 is 40.2 Å². The number of carbonyl (C=O) groups is 1. The Kier molecular flexibility index (Phi) is 5.65. The van der Waals surface area contributed by atoms with Crippen molar-refractivity contribution in [3.05, 3.63) is 74.4 Å². The molecule has 1 N–H and O–H groups in total. The molecule has 2 heterocycles. The molecule has 1 aliphatic heterocycles. The van der Waals surface area contributed by atoms with E-state index in [0.29, 0.717) is 34.2 Å². The number of non-ortho nitro benzene ring substituents is 1. The molecule has 1 atom stereocenters. The van der Waals surface area contributed by atoms with Gasteiger partial charge in [-0.25, -0.2) is 9.78 Å². The van der Waals surface area contributed by atoms with E-state index in [9.17, 15) is 14.9 Å². The van der Waals surface area contributed by atoms with Gasteiger partial charge in [-0.3, -0.25) is 14.7 Å². The maximum absolute atomic E-state index is 13.1. The number of esters is 1.